The Hall–Kier alpha value is -5.78. The number of nitrogens with zero attached hydrogens (tertiary/aromatic N) is 10. The van der Waals surface area contributed by atoms with Gasteiger partial charge in [-0.1, -0.05) is 12.1 Å². The van der Waals surface area contributed by atoms with Gasteiger partial charge < -0.3 is 25.5 Å². The third-order valence-corrected chi connectivity index (χ3v) is 9.31. The molecule has 0 spiro atoms. The lowest BCUT2D eigenvalue weighted by atomic mass is 10.0. The van der Waals surface area contributed by atoms with Crippen molar-refractivity contribution in [3.63, 3.8) is 0 Å². The summed E-state index contributed by atoms with van der Waals surface area (Å²) in [4.78, 5) is 58.0. The standard InChI is InChI=1S/C33H30N12O3S2/c1-18-6-4-12-34-26(18)38-32-40-28(42-49-32)22-10-8-20(30(46)45-16-14-44(3)15-17-45)24(36-22)25-21(31(47)48)9-11-23(37-25)29-41-33(50-43-29)39-27-19(2)7-5-13-35-27/h4-13H,14-17H2,1-3H3,(H,47,48)(H,34,38,40,42)(H,35,39,41,43). The van der Waals surface area contributed by atoms with E-state index in [1.54, 1.807) is 29.4 Å². The minimum atomic E-state index is -1.23. The highest BCUT2D eigenvalue weighted by atomic mass is 32.1. The molecule has 252 valence electrons. The number of pyridine rings is 4. The second-order valence-corrected chi connectivity index (χ2v) is 13.0. The number of hydrogen-bond donors (Lipinski definition) is 3. The zero-order chi connectivity index (χ0) is 34.8. The number of aromatic nitrogens is 8. The van der Waals surface area contributed by atoms with Crippen LogP contribution in [0.3, 0.4) is 0 Å². The van der Waals surface area contributed by atoms with Gasteiger partial charge in [-0.2, -0.15) is 18.7 Å². The van der Waals surface area contributed by atoms with Gasteiger partial charge in [-0.25, -0.2) is 24.7 Å². The molecule has 0 radical (unpaired) electrons. The first-order valence-corrected chi connectivity index (χ1v) is 17.1. The van der Waals surface area contributed by atoms with Crippen molar-refractivity contribution >= 4 is 56.8 Å². The Morgan fingerprint density at radius 1 is 0.700 bits per heavy atom. The van der Waals surface area contributed by atoms with Crippen molar-refractivity contribution in [2.75, 3.05) is 43.9 Å². The Labute approximate surface area is 294 Å². The molecule has 7 heterocycles. The maximum absolute atomic E-state index is 14.0. The third kappa shape index (κ3) is 6.87. The molecule has 1 fully saturated rings. The van der Waals surface area contributed by atoms with Crippen LogP contribution in [0, 0.1) is 13.8 Å². The highest BCUT2D eigenvalue weighted by molar-refractivity contribution is 7.10. The number of rotatable bonds is 9. The maximum Gasteiger partial charge on any atom is 0.337 e. The number of piperazine rings is 1. The molecule has 0 saturated carbocycles. The summed E-state index contributed by atoms with van der Waals surface area (Å²) < 4.78 is 8.96. The first-order valence-electron chi connectivity index (χ1n) is 15.5. The number of likely N-dealkylation sites (N-methyl/N-ethyl adjacent to an activating group) is 1. The first kappa shape index (κ1) is 32.8. The van der Waals surface area contributed by atoms with E-state index in [9.17, 15) is 14.7 Å². The number of aryl methyl sites for hydroxylation is 2. The Balaban J connectivity index is 1.29. The Kier molecular flexibility index (Phi) is 9.16. The summed E-state index contributed by atoms with van der Waals surface area (Å²) >= 11 is 2.24. The summed E-state index contributed by atoms with van der Waals surface area (Å²) in [5, 5.41) is 17.6. The zero-order valence-corrected chi connectivity index (χ0v) is 28.8. The number of aromatic carboxylic acids is 1. The van der Waals surface area contributed by atoms with Gasteiger partial charge in [0.25, 0.3) is 5.91 Å². The predicted molar refractivity (Wildman–Crippen MR) is 190 cm³/mol. The van der Waals surface area contributed by atoms with Crippen LogP contribution in [0.15, 0.2) is 60.9 Å². The van der Waals surface area contributed by atoms with Crippen molar-refractivity contribution in [3.05, 3.63) is 83.2 Å². The molecule has 1 amide bonds. The summed E-state index contributed by atoms with van der Waals surface area (Å²) in [5.74, 6) is 0.344. The number of carboxylic acids is 1. The van der Waals surface area contributed by atoms with E-state index in [1.807, 2.05) is 45.2 Å². The minimum Gasteiger partial charge on any atom is -0.478 e. The molecule has 1 saturated heterocycles. The van der Waals surface area contributed by atoms with E-state index in [4.69, 9.17) is 9.97 Å². The lowest BCUT2D eigenvalue weighted by Crippen LogP contribution is -2.47. The molecular weight excluding hydrogens is 677 g/mol. The molecule has 15 nitrogen and oxygen atoms in total. The largest absolute Gasteiger partial charge is 0.478 e. The lowest BCUT2D eigenvalue weighted by Gasteiger charge is -2.32. The number of carbonyl (C=O) groups is 2. The Morgan fingerprint density at radius 3 is 1.70 bits per heavy atom. The molecule has 7 rings (SSSR count). The van der Waals surface area contributed by atoms with Gasteiger partial charge in [-0.05, 0) is 68.4 Å². The average Bonchev–Trinajstić information content (AvgIpc) is 3.80. The maximum atomic E-state index is 14.0. The molecule has 1 aliphatic heterocycles. The van der Waals surface area contributed by atoms with Crippen molar-refractivity contribution in [3.8, 4) is 34.4 Å². The van der Waals surface area contributed by atoms with Crippen LogP contribution >= 0.6 is 23.1 Å². The molecule has 17 heteroatoms. The van der Waals surface area contributed by atoms with Crippen LogP contribution in [-0.4, -0.2) is 98.7 Å². The van der Waals surface area contributed by atoms with Gasteiger partial charge in [-0.15, -0.1) is 0 Å². The number of hydrogen-bond acceptors (Lipinski definition) is 15. The Bertz CT molecular complexity index is 2210. The number of nitrogens with one attached hydrogen (secondary N) is 2. The van der Waals surface area contributed by atoms with Crippen molar-refractivity contribution in [1.82, 2.24) is 48.5 Å². The van der Waals surface area contributed by atoms with Gasteiger partial charge in [0.2, 0.25) is 10.3 Å². The molecular formula is C33H30N12O3S2. The lowest BCUT2D eigenvalue weighted by molar-refractivity contribution is 0.0661. The summed E-state index contributed by atoms with van der Waals surface area (Å²) in [6, 6.07) is 13.8. The van der Waals surface area contributed by atoms with Crippen LogP contribution in [0.1, 0.15) is 31.8 Å². The fraction of sp³-hybridized carbons (Fsp3) is 0.212. The van der Waals surface area contributed by atoms with Gasteiger partial charge in [-0.3, -0.25) is 4.79 Å². The van der Waals surface area contributed by atoms with E-state index < -0.39 is 5.97 Å². The highest BCUT2D eigenvalue weighted by Gasteiger charge is 2.28. The van der Waals surface area contributed by atoms with Crippen LogP contribution in [0.5, 0.6) is 0 Å². The van der Waals surface area contributed by atoms with Gasteiger partial charge >= 0.3 is 5.97 Å². The van der Waals surface area contributed by atoms with Crippen molar-refractivity contribution in [1.29, 1.82) is 0 Å². The summed E-state index contributed by atoms with van der Waals surface area (Å²) in [5.41, 5.74) is 2.68. The van der Waals surface area contributed by atoms with E-state index in [0.717, 1.165) is 34.2 Å². The van der Waals surface area contributed by atoms with Gasteiger partial charge in [0, 0.05) is 61.6 Å². The number of anilines is 4. The van der Waals surface area contributed by atoms with E-state index in [1.165, 1.54) is 12.1 Å². The molecule has 6 aromatic rings. The highest BCUT2D eigenvalue weighted by Crippen LogP contribution is 2.32. The number of amides is 1. The van der Waals surface area contributed by atoms with Crippen LogP contribution < -0.4 is 10.6 Å². The normalized spacial score (nSPS) is 13.3. The fourth-order valence-electron chi connectivity index (χ4n) is 5.25. The summed E-state index contributed by atoms with van der Waals surface area (Å²) in [6.07, 6.45) is 3.36. The van der Waals surface area contributed by atoms with Crippen LogP contribution in [0.25, 0.3) is 34.4 Å². The van der Waals surface area contributed by atoms with Crippen molar-refractivity contribution in [2.24, 2.45) is 0 Å². The molecule has 6 aromatic heterocycles. The van der Waals surface area contributed by atoms with E-state index in [2.05, 4.69) is 44.2 Å². The van der Waals surface area contributed by atoms with Crippen LogP contribution in [0.2, 0.25) is 0 Å². The molecule has 50 heavy (non-hydrogen) atoms. The van der Waals surface area contributed by atoms with Crippen molar-refractivity contribution < 1.29 is 14.7 Å². The molecule has 0 unspecified atom stereocenters. The van der Waals surface area contributed by atoms with Gasteiger partial charge in [0.05, 0.1) is 11.1 Å². The van der Waals surface area contributed by atoms with Gasteiger partial charge in [0.15, 0.2) is 11.6 Å². The average molecular weight is 707 g/mol. The summed E-state index contributed by atoms with van der Waals surface area (Å²) in [7, 11) is 2.00. The number of carbonyl (C=O) groups excluding carboxylic acids is 1. The monoisotopic (exact) mass is 706 g/mol. The Morgan fingerprint density at radius 2 is 1.20 bits per heavy atom. The molecule has 3 N–H and O–H groups in total. The second-order valence-electron chi connectivity index (χ2n) is 11.5. The topological polar surface area (TPSA) is 188 Å². The molecule has 0 aromatic carbocycles. The molecule has 0 bridgehead atoms. The summed E-state index contributed by atoms with van der Waals surface area (Å²) in [6.45, 7) is 6.30. The second kappa shape index (κ2) is 14.0. The predicted octanol–water partition coefficient (Wildman–Crippen LogP) is 5.16. The molecule has 0 atom stereocenters. The zero-order valence-electron chi connectivity index (χ0n) is 27.2. The fourth-order valence-corrected chi connectivity index (χ4v) is 6.40. The molecule has 0 aliphatic carbocycles. The molecule has 1 aliphatic rings. The van der Waals surface area contributed by atoms with Crippen molar-refractivity contribution in [2.45, 2.75) is 13.8 Å². The minimum absolute atomic E-state index is 0.00287. The van der Waals surface area contributed by atoms with Crippen LogP contribution in [-0.2, 0) is 0 Å². The first-order chi connectivity index (χ1) is 24.2. The van der Waals surface area contributed by atoms with E-state index >= 15 is 0 Å². The third-order valence-electron chi connectivity index (χ3n) is 8.05. The quantitative estimate of drug-likeness (QED) is 0.179. The number of carboxylic acid groups (broad SMARTS) is 1. The van der Waals surface area contributed by atoms with Crippen LogP contribution in [0.4, 0.5) is 21.9 Å². The SMILES string of the molecule is Cc1cccnc1Nc1nc(-c2ccc(C(=O)O)c(-c3nc(-c4nsc(Nc5ncccc5C)n4)ccc3C(=O)N3CCN(C)CC3)n2)ns1. The van der Waals surface area contributed by atoms with E-state index in [-0.39, 0.29) is 34.2 Å². The van der Waals surface area contributed by atoms with E-state index in [0.29, 0.717) is 65.3 Å². The smallest absolute Gasteiger partial charge is 0.337 e. The van der Waals surface area contributed by atoms with Gasteiger partial charge in [0.1, 0.15) is 34.4 Å².